The van der Waals surface area contributed by atoms with Gasteiger partial charge in [-0.1, -0.05) is 6.07 Å². The van der Waals surface area contributed by atoms with Gasteiger partial charge in [-0.25, -0.2) is 9.59 Å². The molecule has 1 unspecified atom stereocenters. The maximum atomic E-state index is 10.6. The number of carboxylic acid groups (broad SMARTS) is 2. The van der Waals surface area contributed by atoms with Crippen molar-refractivity contribution in [2.75, 3.05) is 33.1 Å². The van der Waals surface area contributed by atoms with Gasteiger partial charge in [-0.05, 0) is 36.2 Å². The number of aliphatic carboxylic acids is 2. The number of fused-ring (bicyclic) bond motifs is 1. The van der Waals surface area contributed by atoms with Crippen LogP contribution in [0.1, 0.15) is 12.0 Å². The monoisotopic (exact) mass is 582 g/mol. The number of rotatable bonds is 5. The number of aromatic nitrogens is 1. The molecule has 2 saturated heterocycles. The molecule has 16 heteroatoms. The molecule has 0 bridgehead atoms. The number of carboxylic acids is 2. The Kier molecular flexibility index (Phi) is 9.68. The van der Waals surface area contributed by atoms with E-state index in [4.69, 9.17) is 38.7 Å². The zero-order valence-corrected chi connectivity index (χ0v) is 20.6. The molecule has 1 aromatic carbocycles. The summed E-state index contributed by atoms with van der Waals surface area (Å²) in [6.07, 6.45) is -5.60. The fraction of sp³-hybridized carbons (Fsp3) is 0.458. The molecule has 3 aliphatic rings. The lowest BCUT2D eigenvalue weighted by atomic mass is 9.81. The molecule has 10 nitrogen and oxygen atoms in total. The minimum atomic E-state index is -5.08. The van der Waals surface area contributed by atoms with Crippen molar-refractivity contribution in [2.24, 2.45) is 5.92 Å². The molecule has 0 radical (unpaired) electrons. The van der Waals surface area contributed by atoms with Gasteiger partial charge in [-0.2, -0.15) is 26.3 Å². The molecule has 4 heterocycles. The molecule has 2 aromatic rings. The molecule has 2 N–H and O–H groups in total. The van der Waals surface area contributed by atoms with Gasteiger partial charge in [0.1, 0.15) is 5.75 Å². The first kappa shape index (κ1) is 30.7. The fourth-order valence-electron chi connectivity index (χ4n) is 4.12. The van der Waals surface area contributed by atoms with E-state index in [2.05, 4.69) is 22.0 Å². The van der Waals surface area contributed by atoms with Crippen molar-refractivity contribution in [2.45, 2.75) is 30.9 Å². The Morgan fingerprint density at radius 3 is 2.23 bits per heavy atom. The predicted octanol–water partition coefficient (Wildman–Crippen LogP) is 3.75. The van der Waals surface area contributed by atoms with E-state index in [9.17, 15) is 26.3 Å². The molecule has 1 aromatic heterocycles. The molecule has 0 amide bonds. The van der Waals surface area contributed by atoms with Crippen LogP contribution in [0.25, 0.3) is 0 Å². The Bertz CT molecular complexity index is 1130. The van der Waals surface area contributed by atoms with Crippen LogP contribution in [0.15, 0.2) is 42.7 Å². The lowest BCUT2D eigenvalue weighted by molar-refractivity contribution is -0.193. The largest absolute Gasteiger partial charge is 0.492 e. The zero-order chi connectivity index (χ0) is 29.6. The van der Waals surface area contributed by atoms with Gasteiger partial charge < -0.3 is 29.2 Å². The van der Waals surface area contributed by atoms with Crippen LogP contribution in [0, 0.1) is 5.92 Å². The quantitative estimate of drug-likeness (QED) is 0.504. The fourth-order valence-corrected chi connectivity index (χ4v) is 4.12. The van der Waals surface area contributed by atoms with Gasteiger partial charge in [0, 0.05) is 38.4 Å². The predicted molar refractivity (Wildman–Crippen MR) is 122 cm³/mol. The molecule has 5 rings (SSSR count). The van der Waals surface area contributed by atoms with Crippen molar-refractivity contribution in [1.82, 2.24) is 9.88 Å². The molecule has 40 heavy (non-hydrogen) atoms. The molecule has 3 aliphatic heterocycles. The highest BCUT2D eigenvalue weighted by molar-refractivity contribution is 5.73. The molecule has 220 valence electrons. The van der Waals surface area contributed by atoms with Crippen molar-refractivity contribution in [1.29, 1.82) is 0 Å². The summed E-state index contributed by atoms with van der Waals surface area (Å²) >= 11 is 0. The van der Waals surface area contributed by atoms with E-state index >= 15 is 0 Å². The molecule has 1 atom stereocenters. The molecular formula is C24H24F6N2O8. The third-order valence-electron chi connectivity index (χ3n) is 6.00. The Balaban J connectivity index is 0.000000263. The van der Waals surface area contributed by atoms with Crippen LogP contribution in [-0.2, 0) is 20.9 Å². The van der Waals surface area contributed by atoms with Gasteiger partial charge in [0.15, 0.2) is 11.5 Å². The summed E-state index contributed by atoms with van der Waals surface area (Å²) < 4.78 is 86.4. The van der Waals surface area contributed by atoms with Crippen LogP contribution in [-0.4, -0.2) is 83.1 Å². The Labute approximate surface area is 223 Å². The van der Waals surface area contributed by atoms with E-state index in [0.29, 0.717) is 19.3 Å². The standard InChI is InChI=1S/C20H22N2O4.2C2HF3O2/c1-2-17(9-21-6-1)23-11-16-5-7-26-20(16)12-22(13-20)10-15-3-4-18-19(8-15)25-14-24-18;2*3-2(4,5)1(6)7/h1-4,6,8-9,16H,5,7,10-14H2;2*(H,6,7). The summed E-state index contributed by atoms with van der Waals surface area (Å²) in [5.41, 5.74) is 1.18. The van der Waals surface area contributed by atoms with Gasteiger partial charge in [-0.15, -0.1) is 0 Å². The summed E-state index contributed by atoms with van der Waals surface area (Å²) in [4.78, 5) is 24.3. The number of benzene rings is 1. The summed E-state index contributed by atoms with van der Waals surface area (Å²) in [5, 5.41) is 14.2. The molecule has 2 fully saturated rings. The van der Waals surface area contributed by atoms with Crippen LogP contribution in [0.3, 0.4) is 0 Å². The highest BCUT2D eigenvalue weighted by Crippen LogP contribution is 2.41. The SMILES string of the molecule is O=C(O)C(F)(F)F.O=C(O)C(F)(F)F.c1cncc(OCC2CCOC23CN(Cc2ccc4c(c2)OCO4)C3)c1. The first-order valence-electron chi connectivity index (χ1n) is 11.6. The minimum absolute atomic E-state index is 0.0570. The Morgan fingerprint density at radius 2 is 1.65 bits per heavy atom. The number of ether oxygens (including phenoxy) is 4. The van der Waals surface area contributed by atoms with Gasteiger partial charge in [-0.3, -0.25) is 9.88 Å². The van der Waals surface area contributed by atoms with E-state index in [-0.39, 0.29) is 5.60 Å². The summed E-state index contributed by atoms with van der Waals surface area (Å²) in [5.74, 6) is -2.58. The van der Waals surface area contributed by atoms with Gasteiger partial charge in [0.2, 0.25) is 6.79 Å². The van der Waals surface area contributed by atoms with Gasteiger partial charge in [0.05, 0.1) is 18.4 Å². The highest BCUT2D eigenvalue weighted by Gasteiger charge is 2.53. The number of hydrogen-bond donors (Lipinski definition) is 2. The van der Waals surface area contributed by atoms with Crippen molar-refractivity contribution >= 4 is 11.9 Å². The summed E-state index contributed by atoms with van der Waals surface area (Å²) in [6.45, 7) is 4.61. The van der Waals surface area contributed by atoms with Crippen LogP contribution in [0.2, 0.25) is 0 Å². The first-order chi connectivity index (χ1) is 18.7. The van der Waals surface area contributed by atoms with Gasteiger partial charge >= 0.3 is 24.3 Å². The first-order valence-corrected chi connectivity index (χ1v) is 11.6. The lowest BCUT2D eigenvalue weighted by Crippen LogP contribution is -2.64. The minimum Gasteiger partial charge on any atom is -0.492 e. The maximum Gasteiger partial charge on any atom is 0.490 e. The average molecular weight is 582 g/mol. The average Bonchev–Trinajstić information content (AvgIpc) is 3.50. The van der Waals surface area contributed by atoms with Crippen LogP contribution >= 0.6 is 0 Å². The van der Waals surface area contributed by atoms with Crippen molar-refractivity contribution < 1.29 is 65.1 Å². The molecule has 1 spiro atoms. The van der Waals surface area contributed by atoms with Gasteiger partial charge in [0.25, 0.3) is 0 Å². The lowest BCUT2D eigenvalue weighted by Gasteiger charge is -2.50. The topological polar surface area (TPSA) is 128 Å². The maximum absolute atomic E-state index is 10.6. The second-order valence-electron chi connectivity index (χ2n) is 8.84. The van der Waals surface area contributed by atoms with Crippen molar-refractivity contribution in [3.8, 4) is 17.2 Å². The van der Waals surface area contributed by atoms with Crippen molar-refractivity contribution in [3.05, 3.63) is 48.3 Å². The second-order valence-corrected chi connectivity index (χ2v) is 8.84. The van der Waals surface area contributed by atoms with E-state index in [1.807, 2.05) is 18.2 Å². The third kappa shape index (κ3) is 8.35. The number of hydrogen-bond acceptors (Lipinski definition) is 8. The van der Waals surface area contributed by atoms with Crippen LogP contribution < -0.4 is 14.2 Å². The van der Waals surface area contributed by atoms with Crippen LogP contribution in [0.5, 0.6) is 17.2 Å². The van der Waals surface area contributed by atoms with E-state index < -0.39 is 24.3 Å². The van der Waals surface area contributed by atoms with E-state index in [1.54, 1.807) is 12.4 Å². The molecule has 0 saturated carbocycles. The molecular weight excluding hydrogens is 558 g/mol. The normalized spacial score (nSPS) is 19.0. The second kappa shape index (κ2) is 12.6. The summed E-state index contributed by atoms with van der Waals surface area (Å²) in [7, 11) is 0. The number of likely N-dealkylation sites (tertiary alicyclic amines) is 1. The smallest absolute Gasteiger partial charge is 0.490 e. The van der Waals surface area contributed by atoms with Crippen molar-refractivity contribution in [3.63, 3.8) is 0 Å². The number of nitrogens with zero attached hydrogens (tertiary/aromatic N) is 2. The number of pyridine rings is 1. The molecule has 0 aliphatic carbocycles. The third-order valence-corrected chi connectivity index (χ3v) is 6.00. The number of carbonyl (C=O) groups is 2. The Morgan fingerprint density at radius 1 is 1.02 bits per heavy atom. The number of alkyl halides is 6. The highest BCUT2D eigenvalue weighted by atomic mass is 19.4. The van der Waals surface area contributed by atoms with Crippen LogP contribution in [0.4, 0.5) is 26.3 Å². The zero-order valence-electron chi connectivity index (χ0n) is 20.6. The number of halogens is 6. The van der Waals surface area contributed by atoms with E-state index in [0.717, 1.165) is 49.9 Å². The Hall–Kier alpha value is -3.79. The summed E-state index contributed by atoms with van der Waals surface area (Å²) in [6, 6.07) is 10.0. The van der Waals surface area contributed by atoms with E-state index in [1.165, 1.54) is 5.56 Å².